The molecule has 5 rings (SSSR count). The molecule has 2 aromatic rings. The van der Waals surface area contributed by atoms with Crippen molar-refractivity contribution in [2.75, 3.05) is 31.6 Å². The summed E-state index contributed by atoms with van der Waals surface area (Å²) in [5.41, 5.74) is 6.53. The van der Waals surface area contributed by atoms with Crippen LogP contribution in [0.25, 0.3) is 0 Å². The highest BCUT2D eigenvalue weighted by molar-refractivity contribution is 6.08. The van der Waals surface area contributed by atoms with Crippen molar-refractivity contribution < 1.29 is 19.1 Å². The lowest BCUT2D eigenvalue weighted by Gasteiger charge is -2.41. The molecule has 1 aliphatic carbocycles. The number of primary amides is 1. The van der Waals surface area contributed by atoms with E-state index in [4.69, 9.17) is 10.5 Å². The zero-order valence-corrected chi connectivity index (χ0v) is 23.2. The van der Waals surface area contributed by atoms with Crippen molar-refractivity contribution in [2.45, 2.75) is 63.5 Å². The molecule has 3 aliphatic rings. The quantitative estimate of drug-likeness (QED) is 0.543. The van der Waals surface area contributed by atoms with Crippen LogP contribution in [0.3, 0.4) is 0 Å². The third-order valence-electron chi connectivity index (χ3n) is 9.31. The van der Waals surface area contributed by atoms with E-state index in [9.17, 15) is 14.4 Å². The lowest BCUT2D eigenvalue weighted by atomic mass is 9.72. The first kappa shape index (κ1) is 27.2. The Kier molecular flexibility index (Phi) is 7.42. The highest BCUT2D eigenvalue weighted by atomic mass is 16.5. The standard InChI is InChI=1S/C31H40N4O4/c1-30(2)24-11-7-8-12-26(24)35(29(30)38)22-14-17-34(18-15-22)27(36)25(20-39-23-9-5-4-6-10-23)31(28(32)37)16-13-21(19-31)33-3/h4-12,21-22,25,33H,13-20H2,1-3H3,(H2,32,37)/t21?,25-,31?/m0/s1. The van der Waals surface area contributed by atoms with Crippen LogP contribution in [0.15, 0.2) is 54.6 Å². The molecule has 1 saturated heterocycles. The number of amides is 3. The number of hydrogen-bond acceptors (Lipinski definition) is 5. The number of nitrogens with one attached hydrogen (secondary N) is 1. The summed E-state index contributed by atoms with van der Waals surface area (Å²) in [5, 5.41) is 3.27. The van der Waals surface area contributed by atoms with E-state index < -0.39 is 22.7 Å². The monoisotopic (exact) mass is 532 g/mol. The second-order valence-electron chi connectivity index (χ2n) is 11.8. The zero-order valence-electron chi connectivity index (χ0n) is 23.2. The number of nitrogens with two attached hydrogens (primary N) is 1. The number of piperidine rings is 1. The summed E-state index contributed by atoms with van der Waals surface area (Å²) >= 11 is 0. The van der Waals surface area contributed by atoms with Crippen LogP contribution >= 0.6 is 0 Å². The SMILES string of the molecule is CNC1CCC(C(N)=O)([C@@H](COc2ccccc2)C(=O)N2CCC(N3C(=O)C(C)(C)c4ccccc43)CC2)C1. The van der Waals surface area contributed by atoms with Gasteiger partial charge in [0.2, 0.25) is 17.7 Å². The molecule has 3 atom stereocenters. The van der Waals surface area contributed by atoms with E-state index in [0.29, 0.717) is 44.5 Å². The van der Waals surface area contributed by atoms with Gasteiger partial charge in [-0.1, -0.05) is 36.4 Å². The normalized spacial score (nSPS) is 25.4. The Bertz CT molecular complexity index is 1220. The Labute approximate surface area is 230 Å². The van der Waals surface area contributed by atoms with E-state index in [1.807, 2.05) is 85.3 Å². The van der Waals surface area contributed by atoms with E-state index in [2.05, 4.69) is 5.32 Å². The number of rotatable bonds is 8. The zero-order chi connectivity index (χ0) is 27.8. The van der Waals surface area contributed by atoms with Gasteiger partial charge in [0.1, 0.15) is 12.4 Å². The van der Waals surface area contributed by atoms with Gasteiger partial charge in [0.15, 0.2) is 0 Å². The summed E-state index contributed by atoms with van der Waals surface area (Å²) in [6.07, 6.45) is 3.20. The summed E-state index contributed by atoms with van der Waals surface area (Å²) in [7, 11) is 1.88. The number of fused-ring (bicyclic) bond motifs is 1. The van der Waals surface area contributed by atoms with Gasteiger partial charge in [-0.3, -0.25) is 14.4 Å². The van der Waals surface area contributed by atoms with Gasteiger partial charge in [0.25, 0.3) is 0 Å². The van der Waals surface area contributed by atoms with Crippen LogP contribution in [-0.2, 0) is 19.8 Å². The molecule has 3 amide bonds. The maximum atomic E-state index is 14.1. The third-order valence-corrected chi connectivity index (χ3v) is 9.31. The van der Waals surface area contributed by atoms with Crippen molar-refractivity contribution in [3.05, 3.63) is 60.2 Å². The maximum absolute atomic E-state index is 14.1. The van der Waals surface area contributed by atoms with Gasteiger partial charge in [-0.25, -0.2) is 0 Å². The highest BCUT2D eigenvalue weighted by Gasteiger charge is 2.54. The van der Waals surface area contributed by atoms with Crippen molar-refractivity contribution in [2.24, 2.45) is 17.1 Å². The number of benzene rings is 2. The molecule has 2 fully saturated rings. The third kappa shape index (κ3) is 4.80. The topological polar surface area (TPSA) is 105 Å². The van der Waals surface area contributed by atoms with Gasteiger partial charge in [-0.15, -0.1) is 0 Å². The molecule has 1 saturated carbocycles. The van der Waals surface area contributed by atoms with E-state index in [1.165, 1.54) is 0 Å². The second-order valence-corrected chi connectivity index (χ2v) is 11.8. The Hall–Kier alpha value is -3.39. The number of ether oxygens (including phenoxy) is 1. The van der Waals surface area contributed by atoms with Crippen LogP contribution in [0, 0.1) is 11.3 Å². The van der Waals surface area contributed by atoms with E-state index in [0.717, 1.165) is 17.7 Å². The first-order valence-electron chi connectivity index (χ1n) is 14.1. The van der Waals surface area contributed by atoms with Crippen molar-refractivity contribution in [1.29, 1.82) is 0 Å². The number of carbonyl (C=O) groups is 3. The average molecular weight is 533 g/mol. The molecule has 8 heteroatoms. The summed E-state index contributed by atoms with van der Waals surface area (Å²) < 4.78 is 6.09. The number of nitrogens with zero attached hydrogens (tertiary/aromatic N) is 2. The Balaban J connectivity index is 1.34. The molecule has 0 spiro atoms. The van der Waals surface area contributed by atoms with E-state index in [1.54, 1.807) is 0 Å². The minimum atomic E-state index is -0.968. The predicted molar refractivity (Wildman–Crippen MR) is 150 cm³/mol. The minimum absolute atomic E-state index is 0.0220. The predicted octanol–water partition coefficient (Wildman–Crippen LogP) is 3.24. The number of anilines is 1. The van der Waals surface area contributed by atoms with Crippen LogP contribution in [0.2, 0.25) is 0 Å². The van der Waals surface area contributed by atoms with Crippen molar-refractivity contribution in [3.63, 3.8) is 0 Å². The summed E-state index contributed by atoms with van der Waals surface area (Å²) in [6, 6.07) is 17.5. The van der Waals surface area contributed by atoms with E-state index in [-0.39, 0.29) is 30.5 Å². The van der Waals surface area contributed by atoms with E-state index >= 15 is 0 Å². The first-order chi connectivity index (χ1) is 18.7. The molecule has 39 heavy (non-hydrogen) atoms. The van der Waals surface area contributed by atoms with Gasteiger partial charge in [0.05, 0.1) is 16.7 Å². The van der Waals surface area contributed by atoms with Gasteiger partial charge in [-0.05, 0) is 76.8 Å². The Morgan fingerprint density at radius 2 is 1.72 bits per heavy atom. The van der Waals surface area contributed by atoms with Crippen molar-refractivity contribution >= 4 is 23.4 Å². The molecule has 0 bridgehead atoms. The van der Waals surface area contributed by atoms with Crippen molar-refractivity contribution in [1.82, 2.24) is 10.2 Å². The van der Waals surface area contributed by atoms with Crippen LogP contribution in [0.5, 0.6) is 5.75 Å². The van der Waals surface area contributed by atoms with Crippen LogP contribution in [0.4, 0.5) is 5.69 Å². The maximum Gasteiger partial charge on any atom is 0.237 e. The highest BCUT2D eigenvalue weighted by Crippen LogP contribution is 2.47. The molecule has 2 aromatic carbocycles. The molecule has 0 aromatic heterocycles. The van der Waals surface area contributed by atoms with Gasteiger partial charge >= 0.3 is 0 Å². The summed E-state index contributed by atoms with van der Waals surface area (Å²) in [5.74, 6) is -0.441. The molecule has 2 aliphatic heterocycles. The number of carbonyl (C=O) groups excluding carboxylic acids is 3. The second kappa shape index (κ2) is 10.6. The molecule has 0 radical (unpaired) electrons. The van der Waals surface area contributed by atoms with Gasteiger partial charge in [0, 0.05) is 30.9 Å². The summed E-state index contributed by atoms with van der Waals surface area (Å²) in [4.78, 5) is 44.4. The minimum Gasteiger partial charge on any atom is -0.493 e. The number of likely N-dealkylation sites (tertiary alicyclic amines) is 1. The first-order valence-corrected chi connectivity index (χ1v) is 14.1. The van der Waals surface area contributed by atoms with Gasteiger partial charge < -0.3 is 25.6 Å². The van der Waals surface area contributed by atoms with Gasteiger partial charge in [-0.2, -0.15) is 0 Å². The largest absolute Gasteiger partial charge is 0.493 e. The number of hydrogen-bond donors (Lipinski definition) is 2. The molecule has 2 heterocycles. The average Bonchev–Trinajstić information content (AvgIpc) is 3.47. The molecule has 2 unspecified atom stereocenters. The van der Waals surface area contributed by atoms with Crippen LogP contribution in [0.1, 0.15) is 51.5 Å². The summed E-state index contributed by atoms with van der Waals surface area (Å²) in [6.45, 7) is 5.08. The fourth-order valence-electron chi connectivity index (χ4n) is 6.86. The molecule has 8 nitrogen and oxygen atoms in total. The lowest BCUT2D eigenvalue weighted by Crippen LogP contribution is -2.55. The molecule has 208 valence electrons. The molecular weight excluding hydrogens is 492 g/mol. The molecule has 3 N–H and O–H groups in total. The van der Waals surface area contributed by atoms with Crippen molar-refractivity contribution in [3.8, 4) is 5.75 Å². The Morgan fingerprint density at radius 1 is 1.05 bits per heavy atom. The Morgan fingerprint density at radius 3 is 2.36 bits per heavy atom. The molecular formula is C31H40N4O4. The van der Waals surface area contributed by atoms with Crippen LogP contribution in [-0.4, -0.2) is 61.4 Å². The fraction of sp³-hybridized carbons (Fsp3) is 0.516. The van der Waals surface area contributed by atoms with Crippen LogP contribution < -0.4 is 20.7 Å². The fourth-order valence-corrected chi connectivity index (χ4v) is 6.86. The smallest absolute Gasteiger partial charge is 0.237 e. The lowest BCUT2D eigenvalue weighted by molar-refractivity contribution is -0.149. The number of para-hydroxylation sites is 2.